The van der Waals surface area contributed by atoms with Gasteiger partial charge in [-0.05, 0) is 24.1 Å². The van der Waals surface area contributed by atoms with Gasteiger partial charge < -0.3 is 11.1 Å². The first-order valence-electron chi connectivity index (χ1n) is 6.95. The van der Waals surface area contributed by atoms with Crippen LogP contribution in [0.2, 0.25) is 0 Å². The lowest BCUT2D eigenvalue weighted by atomic mass is 10.1. The molecule has 0 aliphatic heterocycles. The number of pyridine rings is 1. The highest BCUT2D eigenvalue weighted by Crippen LogP contribution is 2.31. The summed E-state index contributed by atoms with van der Waals surface area (Å²) < 4.78 is 1.83. The van der Waals surface area contributed by atoms with E-state index in [0.29, 0.717) is 22.3 Å². The van der Waals surface area contributed by atoms with Gasteiger partial charge in [-0.1, -0.05) is 13.8 Å². The maximum Gasteiger partial charge on any atom is 0.265 e. The Morgan fingerprint density at radius 2 is 2.13 bits per heavy atom. The number of carbonyl (C=O) groups is 1. The van der Waals surface area contributed by atoms with Gasteiger partial charge in [0.25, 0.3) is 5.91 Å². The normalized spacial score (nSPS) is 10.8. The molecule has 3 rings (SSSR count). The first-order chi connectivity index (χ1) is 10.5. The van der Waals surface area contributed by atoms with E-state index < -0.39 is 0 Å². The van der Waals surface area contributed by atoms with Gasteiger partial charge in [0.2, 0.25) is 0 Å². The predicted octanol–water partition coefficient (Wildman–Crippen LogP) is 3.41. The largest absolute Gasteiger partial charge is 0.384 e. The number of nitrogens with zero attached hydrogens (tertiary/aromatic N) is 3. The molecule has 0 bridgehead atoms. The Labute approximate surface area is 144 Å². The molecular formula is C15H18ClN5OS. The third kappa shape index (κ3) is 3.30. The Bertz CT molecular complexity index is 838. The van der Waals surface area contributed by atoms with Crippen molar-refractivity contribution in [2.24, 2.45) is 7.05 Å². The van der Waals surface area contributed by atoms with Gasteiger partial charge in [-0.25, -0.2) is 4.98 Å². The van der Waals surface area contributed by atoms with Gasteiger partial charge in [0, 0.05) is 12.4 Å². The van der Waals surface area contributed by atoms with Crippen molar-refractivity contribution in [3.05, 3.63) is 35.0 Å². The number of aryl methyl sites for hydroxylation is 1. The smallest absolute Gasteiger partial charge is 0.265 e. The van der Waals surface area contributed by atoms with Gasteiger partial charge in [-0.15, -0.1) is 23.7 Å². The van der Waals surface area contributed by atoms with Crippen LogP contribution in [0.25, 0.3) is 10.2 Å². The second-order valence-electron chi connectivity index (χ2n) is 5.42. The number of nitrogens with two attached hydrogens (primary N) is 1. The van der Waals surface area contributed by atoms with Crippen molar-refractivity contribution in [3.63, 3.8) is 0 Å². The van der Waals surface area contributed by atoms with Crippen LogP contribution in [-0.4, -0.2) is 20.7 Å². The zero-order chi connectivity index (χ0) is 15.9. The molecule has 0 fully saturated rings. The number of halogens is 1. The Hall–Kier alpha value is -2.12. The summed E-state index contributed by atoms with van der Waals surface area (Å²) in [4.78, 5) is 18.0. The summed E-state index contributed by atoms with van der Waals surface area (Å²) in [7, 11) is 1.90. The summed E-state index contributed by atoms with van der Waals surface area (Å²) >= 11 is 1.44. The van der Waals surface area contributed by atoms with E-state index in [2.05, 4.69) is 29.2 Å². The molecule has 3 N–H and O–H groups in total. The molecule has 0 spiro atoms. The van der Waals surface area contributed by atoms with Crippen molar-refractivity contribution in [1.29, 1.82) is 0 Å². The number of aromatic nitrogens is 3. The maximum absolute atomic E-state index is 12.4. The highest BCUT2D eigenvalue weighted by molar-refractivity contribution is 7.20. The number of nitrogens with one attached hydrogen (secondary N) is 1. The van der Waals surface area contributed by atoms with Gasteiger partial charge in [-0.3, -0.25) is 9.48 Å². The fourth-order valence-corrected chi connectivity index (χ4v) is 3.25. The fourth-order valence-electron chi connectivity index (χ4n) is 2.28. The Morgan fingerprint density at radius 3 is 2.74 bits per heavy atom. The highest BCUT2D eigenvalue weighted by atomic mass is 35.5. The Balaban J connectivity index is 0.00000192. The van der Waals surface area contributed by atoms with E-state index in [4.69, 9.17) is 5.73 Å². The molecule has 0 aromatic carbocycles. The summed E-state index contributed by atoms with van der Waals surface area (Å²) in [5, 5.41) is 8.39. The number of hydrogen-bond acceptors (Lipinski definition) is 5. The van der Waals surface area contributed by atoms with Gasteiger partial charge >= 0.3 is 0 Å². The molecule has 0 aliphatic rings. The third-order valence-electron chi connectivity index (χ3n) is 3.35. The summed E-state index contributed by atoms with van der Waals surface area (Å²) in [6, 6.07) is 5.29. The Kier molecular flexibility index (Phi) is 4.91. The molecular weight excluding hydrogens is 334 g/mol. The number of fused-ring (bicyclic) bond motifs is 1. The van der Waals surface area contributed by atoms with Crippen molar-refractivity contribution in [3.8, 4) is 0 Å². The van der Waals surface area contributed by atoms with Gasteiger partial charge in [0.05, 0.1) is 22.5 Å². The molecule has 0 atom stereocenters. The lowest BCUT2D eigenvalue weighted by Gasteiger charge is -2.03. The topological polar surface area (TPSA) is 85.8 Å². The minimum Gasteiger partial charge on any atom is -0.384 e. The van der Waals surface area contributed by atoms with Crippen LogP contribution in [0.1, 0.15) is 35.1 Å². The van der Waals surface area contributed by atoms with Gasteiger partial charge in [0.15, 0.2) is 0 Å². The number of thiophene rings is 1. The minimum atomic E-state index is -0.150. The molecule has 3 aromatic rings. The first-order valence-corrected chi connectivity index (χ1v) is 7.76. The monoisotopic (exact) mass is 351 g/mol. The van der Waals surface area contributed by atoms with Crippen molar-refractivity contribution < 1.29 is 4.79 Å². The van der Waals surface area contributed by atoms with E-state index in [1.807, 2.05) is 17.8 Å². The SMILES string of the molecule is CC(C)c1nn(C)c2sc(C(=O)Nc3ccc(N)nc3)cc12.Cl. The van der Waals surface area contributed by atoms with E-state index in [-0.39, 0.29) is 18.3 Å². The molecule has 3 heterocycles. The van der Waals surface area contributed by atoms with Gasteiger partial charge in [-0.2, -0.15) is 5.10 Å². The van der Waals surface area contributed by atoms with Crippen molar-refractivity contribution in [2.75, 3.05) is 11.1 Å². The van der Waals surface area contributed by atoms with E-state index >= 15 is 0 Å². The second-order valence-corrected chi connectivity index (χ2v) is 6.45. The number of nitrogen functional groups attached to an aromatic ring is 1. The van der Waals surface area contributed by atoms with Crippen LogP contribution < -0.4 is 11.1 Å². The summed E-state index contributed by atoms with van der Waals surface area (Å²) in [6.45, 7) is 4.19. The second kappa shape index (κ2) is 6.55. The van der Waals surface area contributed by atoms with E-state index in [1.54, 1.807) is 18.3 Å². The number of hydrogen-bond donors (Lipinski definition) is 2. The molecule has 0 saturated heterocycles. The van der Waals surface area contributed by atoms with E-state index in [1.165, 1.54) is 11.3 Å². The summed E-state index contributed by atoms with van der Waals surface area (Å²) in [6.07, 6.45) is 1.54. The van der Waals surface area contributed by atoms with Crippen LogP contribution >= 0.6 is 23.7 Å². The minimum absolute atomic E-state index is 0. The fraction of sp³-hybridized carbons (Fsp3) is 0.267. The van der Waals surface area contributed by atoms with Crippen LogP contribution in [0.3, 0.4) is 0 Å². The molecule has 23 heavy (non-hydrogen) atoms. The maximum atomic E-state index is 12.4. The molecule has 1 amide bonds. The number of amides is 1. The molecule has 3 aromatic heterocycles. The average molecular weight is 352 g/mol. The predicted molar refractivity (Wildman–Crippen MR) is 96.5 cm³/mol. The van der Waals surface area contributed by atoms with Crippen LogP contribution in [0, 0.1) is 0 Å². The first kappa shape index (κ1) is 17.2. The zero-order valence-electron chi connectivity index (χ0n) is 13.0. The molecule has 6 nitrogen and oxygen atoms in total. The van der Waals surface area contributed by atoms with Gasteiger partial charge in [0.1, 0.15) is 10.6 Å². The summed E-state index contributed by atoms with van der Waals surface area (Å²) in [5.74, 6) is 0.588. The van der Waals surface area contributed by atoms with E-state index in [0.717, 1.165) is 15.9 Å². The quantitative estimate of drug-likeness (QED) is 0.757. The van der Waals surface area contributed by atoms with Crippen molar-refractivity contribution in [1.82, 2.24) is 14.8 Å². The molecule has 122 valence electrons. The summed E-state index contributed by atoms with van der Waals surface area (Å²) in [5.41, 5.74) is 7.18. The molecule has 8 heteroatoms. The molecule has 0 aliphatic carbocycles. The van der Waals surface area contributed by atoms with Crippen molar-refractivity contribution in [2.45, 2.75) is 19.8 Å². The number of carbonyl (C=O) groups excluding carboxylic acids is 1. The Morgan fingerprint density at radius 1 is 1.39 bits per heavy atom. The number of anilines is 2. The standard InChI is InChI=1S/C15H17N5OS.ClH/c1-8(2)13-10-6-11(22-15(10)20(3)19-13)14(21)18-9-4-5-12(16)17-7-9;/h4-8H,1-3H3,(H2,16,17)(H,18,21);1H. The van der Waals surface area contributed by atoms with Crippen LogP contribution in [-0.2, 0) is 7.05 Å². The van der Waals surface area contributed by atoms with Crippen LogP contribution in [0.5, 0.6) is 0 Å². The highest BCUT2D eigenvalue weighted by Gasteiger charge is 2.18. The molecule has 0 radical (unpaired) electrons. The molecule has 0 saturated carbocycles. The van der Waals surface area contributed by atoms with Crippen LogP contribution in [0.4, 0.5) is 11.5 Å². The molecule has 0 unspecified atom stereocenters. The lowest BCUT2D eigenvalue weighted by Crippen LogP contribution is -2.10. The lowest BCUT2D eigenvalue weighted by molar-refractivity contribution is 0.103. The van der Waals surface area contributed by atoms with Crippen LogP contribution in [0.15, 0.2) is 24.4 Å². The number of rotatable bonds is 3. The average Bonchev–Trinajstić information content (AvgIpc) is 3.02. The van der Waals surface area contributed by atoms with E-state index in [9.17, 15) is 4.79 Å². The zero-order valence-corrected chi connectivity index (χ0v) is 14.7. The van der Waals surface area contributed by atoms with Crippen molar-refractivity contribution >= 4 is 51.4 Å². The third-order valence-corrected chi connectivity index (χ3v) is 4.56.